The first-order valence-corrected chi connectivity index (χ1v) is 6.18. The lowest BCUT2D eigenvalue weighted by Gasteiger charge is -2.09. The fraction of sp³-hybridized carbons (Fsp3) is 0.188. The van der Waals surface area contributed by atoms with Crippen molar-refractivity contribution in [1.29, 1.82) is 0 Å². The Labute approximate surface area is 111 Å². The number of hydrogen-bond acceptors (Lipinski definition) is 3. The van der Waals surface area contributed by atoms with E-state index in [1.54, 1.807) is 24.3 Å². The van der Waals surface area contributed by atoms with Gasteiger partial charge in [0, 0.05) is 5.56 Å². The monoisotopic (exact) mass is 254 g/mol. The summed E-state index contributed by atoms with van der Waals surface area (Å²) in [5.74, 6) is 0.216. The molecule has 1 aliphatic heterocycles. The van der Waals surface area contributed by atoms with Gasteiger partial charge in [-0.2, -0.15) is 0 Å². The SMILES string of the molecule is Cc1cc(C)c2c(c1)C(c1ccc(O)cc1)C(=O)O2. The minimum Gasteiger partial charge on any atom is -0.508 e. The topological polar surface area (TPSA) is 46.5 Å². The van der Waals surface area contributed by atoms with Crippen LogP contribution in [-0.2, 0) is 4.79 Å². The van der Waals surface area contributed by atoms with Crippen molar-refractivity contribution in [2.24, 2.45) is 0 Å². The molecule has 2 aromatic rings. The summed E-state index contributed by atoms with van der Waals surface area (Å²) in [6, 6.07) is 10.7. The maximum atomic E-state index is 12.1. The van der Waals surface area contributed by atoms with Crippen LogP contribution in [-0.4, -0.2) is 11.1 Å². The van der Waals surface area contributed by atoms with Crippen molar-refractivity contribution < 1.29 is 14.6 Å². The van der Waals surface area contributed by atoms with E-state index in [9.17, 15) is 9.90 Å². The zero-order valence-electron chi connectivity index (χ0n) is 10.8. The molecule has 1 heterocycles. The van der Waals surface area contributed by atoms with Crippen molar-refractivity contribution in [2.45, 2.75) is 19.8 Å². The van der Waals surface area contributed by atoms with Gasteiger partial charge in [-0.25, -0.2) is 0 Å². The van der Waals surface area contributed by atoms with Crippen LogP contribution in [0.1, 0.15) is 28.2 Å². The number of aryl methyl sites for hydroxylation is 2. The van der Waals surface area contributed by atoms with E-state index < -0.39 is 5.92 Å². The van der Waals surface area contributed by atoms with Crippen molar-refractivity contribution in [2.75, 3.05) is 0 Å². The van der Waals surface area contributed by atoms with Gasteiger partial charge in [0.2, 0.25) is 0 Å². The van der Waals surface area contributed by atoms with E-state index >= 15 is 0 Å². The standard InChI is InChI=1S/C16H14O3/c1-9-7-10(2)15-13(8-9)14(16(18)19-15)11-3-5-12(17)6-4-11/h3-8,14,17H,1-2H3. The van der Waals surface area contributed by atoms with Crippen LogP contribution in [0, 0.1) is 13.8 Å². The number of ether oxygens (including phenoxy) is 1. The van der Waals surface area contributed by atoms with Crippen LogP contribution in [0.4, 0.5) is 0 Å². The molecule has 3 rings (SSSR count). The molecular weight excluding hydrogens is 240 g/mol. The summed E-state index contributed by atoms with van der Waals surface area (Å²) in [7, 11) is 0. The Morgan fingerprint density at radius 3 is 2.47 bits per heavy atom. The maximum absolute atomic E-state index is 12.1. The van der Waals surface area contributed by atoms with E-state index in [1.165, 1.54) is 0 Å². The second-order valence-corrected chi connectivity index (χ2v) is 4.95. The van der Waals surface area contributed by atoms with Gasteiger partial charge in [0.25, 0.3) is 0 Å². The zero-order valence-corrected chi connectivity index (χ0v) is 10.8. The lowest BCUT2D eigenvalue weighted by atomic mass is 9.90. The molecule has 3 heteroatoms. The number of hydrogen-bond donors (Lipinski definition) is 1. The van der Waals surface area contributed by atoms with Crippen LogP contribution in [0.3, 0.4) is 0 Å². The Hall–Kier alpha value is -2.29. The Balaban J connectivity index is 2.15. The molecule has 3 nitrogen and oxygen atoms in total. The van der Waals surface area contributed by atoms with Gasteiger partial charge in [0.15, 0.2) is 0 Å². The van der Waals surface area contributed by atoms with Crippen molar-refractivity contribution >= 4 is 5.97 Å². The Morgan fingerprint density at radius 1 is 1.11 bits per heavy atom. The molecule has 0 spiro atoms. The summed E-state index contributed by atoms with van der Waals surface area (Å²) in [5, 5.41) is 9.33. The Bertz CT molecular complexity index is 656. The first-order valence-electron chi connectivity index (χ1n) is 6.18. The third-order valence-electron chi connectivity index (χ3n) is 3.42. The number of esters is 1. The van der Waals surface area contributed by atoms with E-state index in [-0.39, 0.29) is 11.7 Å². The average Bonchev–Trinajstić information content (AvgIpc) is 2.67. The summed E-state index contributed by atoms with van der Waals surface area (Å²) in [6.07, 6.45) is 0. The summed E-state index contributed by atoms with van der Waals surface area (Å²) < 4.78 is 5.39. The predicted molar refractivity (Wildman–Crippen MR) is 71.5 cm³/mol. The number of benzene rings is 2. The molecule has 1 atom stereocenters. The quantitative estimate of drug-likeness (QED) is 0.628. The number of phenols is 1. The molecule has 2 aromatic carbocycles. The van der Waals surface area contributed by atoms with Gasteiger partial charge in [-0.05, 0) is 37.1 Å². The number of phenolic OH excluding ortho intramolecular Hbond substituents is 1. The molecule has 1 aliphatic rings. The molecule has 0 amide bonds. The van der Waals surface area contributed by atoms with Crippen LogP contribution in [0.25, 0.3) is 0 Å². The molecule has 1 unspecified atom stereocenters. The first kappa shape index (κ1) is 11.8. The Morgan fingerprint density at radius 2 is 1.79 bits per heavy atom. The molecule has 0 aromatic heterocycles. The van der Waals surface area contributed by atoms with Gasteiger partial charge in [0.05, 0.1) is 0 Å². The molecule has 0 fully saturated rings. The lowest BCUT2D eigenvalue weighted by Crippen LogP contribution is -2.11. The van der Waals surface area contributed by atoms with Crippen molar-refractivity contribution in [1.82, 2.24) is 0 Å². The fourth-order valence-corrected chi connectivity index (χ4v) is 2.61. The summed E-state index contributed by atoms with van der Waals surface area (Å²) >= 11 is 0. The summed E-state index contributed by atoms with van der Waals surface area (Å²) in [4.78, 5) is 12.1. The van der Waals surface area contributed by atoms with E-state index in [4.69, 9.17) is 4.74 Å². The normalized spacial score (nSPS) is 17.2. The molecule has 0 saturated heterocycles. The van der Waals surface area contributed by atoms with E-state index in [0.29, 0.717) is 5.75 Å². The number of aromatic hydroxyl groups is 1. The fourth-order valence-electron chi connectivity index (χ4n) is 2.61. The highest BCUT2D eigenvalue weighted by Crippen LogP contribution is 2.41. The molecule has 0 bridgehead atoms. The minimum atomic E-state index is -0.394. The van der Waals surface area contributed by atoms with Crippen LogP contribution in [0.5, 0.6) is 11.5 Å². The molecule has 96 valence electrons. The second kappa shape index (κ2) is 4.12. The summed E-state index contributed by atoms with van der Waals surface area (Å²) in [6.45, 7) is 3.95. The third kappa shape index (κ3) is 1.87. The van der Waals surface area contributed by atoms with E-state index in [2.05, 4.69) is 0 Å². The predicted octanol–water partition coefficient (Wildman–Crippen LogP) is 3.06. The van der Waals surface area contributed by atoms with Crippen LogP contribution in [0.15, 0.2) is 36.4 Å². The highest BCUT2D eigenvalue weighted by molar-refractivity contribution is 5.90. The van der Waals surface area contributed by atoms with Gasteiger partial charge in [-0.15, -0.1) is 0 Å². The van der Waals surface area contributed by atoms with Gasteiger partial charge in [-0.3, -0.25) is 4.79 Å². The zero-order chi connectivity index (χ0) is 13.6. The van der Waals surface area contributed by atoms with E-state index in [0.717, 1.165) is 22.3 Å². The van der Waals surface area contributed by atoms with Crippen molar-refractivity contribution in [3.8, 4) is 11.5 Å². The average molecular weight is 254 g/mol. The largest absolute Gasteiger partial charge is 0.508 e. The number of rotatable bonds is 1. The second-order valence-electron chi connectivity index (χ2n) is 4.95. The molecule has 1 N–H and O–H groups in total. The van der Waals surface area contributed by atoms with Gasteiger partial charge < -0.3 is 9.84 Å². The van der Waals surface area contributed by atoms with Crippen molar-refractivity contribution in [3.63, 3.8) is 0 Å². The molecular formula is C16H14O3. The van der Waals surface area contributed by atoms with Crippen molar-refractivity contribution in [3.05, 3.63) is 58.7 Å². The number of carbonyl (C=O) groups is 1. The Kier molecular flexibility index (Phi) is 2.56. The smallest absolute Gasteiger partial charge is 0.323 e. The van der Waals surface area contributed by atoms with Crippen LogP contribution < -0.4 is 4.74 Å². The van der Waals surface area contributed by atoms with Crippen LogP contribution >= 0.6 is 0 Å². The molecule has 0 aliphatic carbocycles. The summed E-state index contributed by atoms with van der Waals surface area (Å²) in [5.41, 5.74) is 3.84. The number of carbonyl (C=O) groups excluding carboxylic acids is 1. The number of fused-ring (bicyclic) bond motifs is 1. The van der Waals surface area contributed by atoms with Gasteiger partial charge >= 0.3 is 5.97 Å². The highest BCUT2D eigenvalue weighted by atomic mass is 16.5. The van der Waals surface area contributed by atoms with Gasteiger partial charge in [0.1, 0.15) is 17.4 Å². The molecule has 0 radical (unpaired) electrons. The molecule has 19 heavy (non-hydrogen) atoms. The van der Waals surface area contributed by atoms with E-state index in [1.807, 2.05) is 26.0 Å². The molecule has 0 saturated carbocycles. The highest BCUT2D eigenvalue weighted by Gasteiger charge is 2.35. The van der Waals surface area contributed by atoms with Gasteiger partial charge in [-0.1, -0.05) is 29.8 Å². The maximum Gasteiger partial charge on any atom is 0.323 e. The van der Waals surface area contributed by atoms with Crippen LogP contribution in [0.2, 0.25) is 0 Å². The lowest BCUT2D eigenvalue weighted by molar-refractivity contribution is -0.133. The first-order chi connectivity index (χ1) is 9.06. The third-order valence-corrected chi connectivity index (χ3v) is 3.42. The minimum absolute atomic E-state index is 0.191.